The van der Waals surface area contributed by atoms with Crippen LogP contribution in [0.3, 0.4) is 0 Å². The Balaban J connectivity index is 1.55. The molecule has 1 saturated carbocycles. The number of hydrogen-bond donors (Lipinski definition) is 0. The summed E-state index contributed by atoms with van der Waals surface area (Å²) in [5.41, 5.74) is 0.183. The van der Waals surface area contributed by atoms with Gasteiger partial charge in [0.05, 0.1) is 18.6 Å². The second-order valence-corrected chi connectivity index (χ2v) is 9.75. The van der Waals surface area contributed by atoms with Gasteiger partial charge in [0.1, 0.15) is 11.3 Å². The van der Waals surface area contributed by atoms with Gasteiger partial charge in [-0.15, -0.1) is 0 Å². The highest BCUT2D eigenvalue weighted by molar-refractivity contribution is 5.91. The van der Waals surface area contributed by atoms with Crippen molar-refractivity contribution in [2.24, 2.45) is 11.8 Å². The highest BCUT2D eigenvalue weighted by Gasteiger charge is 2.37. The summed E-state index contributed by atoms with van der Waals surface area (Å²) in [5.74, 6) is 0.292. The second kappa shape index (κ2) is 10.5. The summed E-state index contributed by atoms with van der Waals surface area (Å²) >= 11 is 0. The second-order valence-electron chi connectivity index (χ2n) is 9.75. The van der Waals surface area contributed by atoms with E-state index in [9.17, 15) is 18.0 Å². The number of esters is 1. The van der Waals surface area contributed by atoms with Crippen molar-refractivity contribution in [2.75, 3.05) is 19.7 Å². The molecule has 2 aromatic carbocycles. The zero-order valence-corrected chi connectivity index (χ0v) is 20.0. The first kappa shape index (κ1) is 24.8. The van der Waals surface area contributed by atoms with Gasteiger partial charge in [-0.05, 0) is 86.9 Å². The largest absolute Gasteiger partial charge is 0.490 e. The molecule has 2 aromatic rings. The van der Waals surface area contributed by atoms with E-state index in [0.717, 1.165) is 31.2 Å². The van der Waals surface area contributed by atoms with Crippen molar-refractivity contribution in [3.63, 3.8) is 0 Å². The molecule has 1 saturated heterocycles. The van der Waals surface area contributed by atoms with E-state index < -0.39 is 11.7 Å². The highest BCUT2D eigenvalue weighted by atomic mass is 19.4. The molecule has 0 spiro atoms. The SMILES string of the molecule is CCOC(=O)C1CCN(Cc2cccc3c(C(F)(F)F)c(OC4CCC(C)CC4)ccc23)CC1. The fraction of sp³-hybridized carbons (Fsp3) is 0.593. The Morgan fingerprint density at radius 3 is 2.35 bits per heavy atom. The van der Waals surface area contributed by atoms with E-state index in [1.807, 2.05) is 6.07 Å². The van der Waals surface area contributed by atoms with Gasteiger partial charge in [-0.1, -0.05) is 31.2 Å². The number of nitrogens with zero attached hydrogens (tertiary/aromatic N) is 1. The number of benzene rings is 2. The van der Waals surface area contributed by atoms with Gasteiger partial charge < -0.3 is 9.47 Å². The summed E-state index contributed by atoms with van der Waals surface area (Å²) in [5, 5.41) is 0.792. The van der Waals surface area contributed by atoms with Crippen LogP contribution >= 0.6 is 0 Å². The van der Waals surface area contributed by atoms with E-state index in [2.05, 4.69) is 11.8 Å². The minimum atomic E-state index is -4.51. The molecule has 186 valence electrons. The van der Waals surface area contributed by atoms with E-state index in [0.29, 0.717) is 50.4 Å². The van der Waals surface area contributed by atoms with Crippen molar-refractivity contribution in [1.29, 1.82) is 0 Å². The molecule has 2 aliphatic rings. The number of piperidine rings is 1. The molecular weight excluding hydrogens is 443 g/mol. The molecule has 7 heteroatoms. The lowest BCUT2D eigenvalue weighted by Gasteiger charge is -2.31. The number of likely N-dealkylation sites (tertiary alicyclic amines) is 1. The van der Waals surface area contributed by atoms with Crippen molar-refractivity contribution in [1.82, 2.24) is 4.90 Å². The van der Waals surface area contributed by atoms with Crippen LogP contribution in [0.5, 0.6) is 5.75 Å². The Hall–Kier alpha value is -2.28. The Morgan fingerprint density at radius 2 is 1.71 bits per heavy atom. The quantitative estimate of drug-likeness (QED) is 0.440. The maximum absolute atomic E-state index is 14.2. The molecule has 0 amide bonds. The lowest BCUT2D eigenvalue weighted by molar-refractivity contribution is -0.149. The fourth-order valence-electron chi connectivity index (χ4n) is 5.29. The number of carbonyl (C=O) groups is 1. The van der Waals surface area contributed by atoms with Crippen LogP contribution in [-0.4, -0.2) is 36.7 Å². The van der Waals surface area contributed by atoms with Gasteiger partial charge >= 0.3 is 12.1 Å². The van der Waals surface area contributed by atoms with E-state index in [-0.39, 0.29) is 29.1 Å². The summed E-state index contributed by atoms with van der Waals surface area (Å²) in [6.45, 7) is 6.33. The third-order valence-corrected chi connectivity index (χ3v) is 7.25. The number of hydrogen-bond acceptors (Lipinski definition) is 4. The normalized spacial score (nSPS) is 22.6. The third-order valence-electron chi connectivity index (χ3n) is 7.25. The van der Waals surface area contributed by atoms with Gasteiger partial charge in [0.2, 0.25) is 0 Å². The average molecular weight is 478 g/mol. The van der Waals surface area contributed by atoms with Crippen LogP contribution in [0, 0.1) is 11.8 Å². The highest BCUT2D eigenvalue weighted by Crippen LogP contribution is 2.43. The molecule has 0 aromatic heterocycles. The van der Waals surface area contributed by atoms with Crippen LogP contribution in [-0.2, 0) is 22.3 Å². The smallest absolute Gasteiger partial charge is 0.420 e. The standard InChI is InChI=1S/C27H34F3NO3/c1-3-33-26(32)19-13-15-31(16-14-19)17-20-5-4-6-23-22(20)11-12-24(25(23)27(28,29)30)34-21-9-7-18(2)8-10-21/h4-6,11-12,18-19,21H,3,7-10,13-17H2,1-2H3. The van der Waals surface area contributed by atoms with Crippen LogP contribution in [0.4, 0.5) is 13.2 Å². The zero-order chi connectivity index (χ0) is 24.3. The number of rotatable bonds is 6. The molecule has 0 atom stereocenters. The molecule has 34 heavy (non-hydrogen) atoms. The number of carbonyl (C=O) groups excluding carboxylic acids is 1. The van der Waals surface area contributed by atoms with Crippen molar-refractivity contribution < 1.29 is 27.4 Å². The lowest BCUT2D eigenvalue weighted by atomic mass is 9.89. The lowest BCUT2D eigenvalue weighted by Crippen LogP contribution is -2.36. The molecule has 0 unspecified atom stereocenters. The van der Waals surface area contributed by atoms with Gasteiger partial charge in [0, 0.05) is 6.54 Å². The molecule has 1 aliphatic carbocycles. The predicted molar refractivity (Wildman–Crippen MR) is 126 cm³/mol. The van der Waals surface area contributed by atoms with E-state index >= 15 is 0 Å². The van der Waals surface area contributed by atoms with Gasteiger partial charge in [-0.2, -0.15) is 13.2 Å². The molecule has 0 bridgehead atoms. The van der Waals surface area contributed by atoms with Crippen molar-refractivity contribution in [2.45, 2.75) is 71.2 Å². The number of fused-ring (bicyclic) bond motifs is 1. The summed E-state index contributed by atoms with van der Waals surface area (Å²) in [6, 6.07) is 8.41. The third kappa shape index (κ3) is 5.68. The molecule has 4 nitrogen and oxygen atoms in total. The Bertz CT molecular complexity index is 991. The van der Waals surface area contributed by atoms with E-state index in [1.165, 1.54) is 6.07 Å². The fourth-order valence-corrected chi connectivity index (χ4v) is 5.29. The maximum atomic E-state index is 14.2. The van der Waals surface area contributed by atoms with Gasteiger partial charge in [0.15, 0.2) is 0 Å². The Kier molecular flexibility index (Phi) is 7.70. The van der Waals surface area contributed by atoms with Crippen LogP contribution in [0.15, 0.2) is 30.3 Å². The molecule has 4 rings (SSSR count). The zero-order valence-electron chi connectivity index (χ0n) is 20.0. The van der Waals surface area contributed by atoms with Gasteiger partial charge in [-0.25, -0.2) is 0 Å². The minimum absolute atomic E-state index is 0.0630. The summed E-state index contributed by atoms with van der Waals surface area (Å²) < 4.78 is 53.8. The van der Waals surface area contributed by atoms with E-state index in [1.54, 1.807) is 25.1 Å². The van der Waals surface area contributed by atoms with Crippen molar-refractivity contribution >= 4 is 16.7 Å². The maximum Gasteiger partial charge on any atom is 0.420 e. The number of halogens is 3. The van der Waals surface area contributed by atoms with Crippen LogP contribution in [0.1, 0.15) is 63.5 Å². The van der Waals surface area contributed by atoms with Crippen LogP contribution in [0.25, 0.3) is 10.8 Å². The van der Waals surface area contributed by atoms with Gasteiger partial charge in [0.25, 0.3) is 0 Å². The first-order valence-corrected chi connectivity index (χ1v) is 12.4. The molecule has 0 N–H and O–H groups in total. The topological polar surface area (TPSA) is 38.8 Å². The first-order valence-electron chi connectivity index (χ1n) is 12.4. The van der Waals surface area contributed by atoms with Crippen molar-refractivity contribution in [3.8, 4) is 5.75 Å². The summed E-state index contributed by atoms with van der Waals surface area (Å²) in [4.78, 5) is 14.2. The predicted octanol–water partition coefficient (Wildman–Crippen LogP) is 6.59. The molecular formula is C27H34F3NO3. The summed E-state index contributed by atoms with van der Waals surface area (Å²) in [7, 11) is 0. The van der Waals surface area contributed by atoms with E-state index in [4.69, 9.17) is 9.47 Å². The summed E-state index contributed by atoms with van der Waals surface area (Å²) in [6.07, 6.45) is 0.278. The molecule has 0 radical (unpaired) electrons. The Morgan fingerprint density at radius 1 is 1.00 bits per heavy atom. The minimum Gasteiger partial charge on any atom is -0.490 e. The average Bonchev–Trinajstić information content (AvgIpc) is 2.80. The van der Waals surface area contributed by atoms with Gasteiger partial charge in [-0.3, -0.25) is 9.69 Å². The first-order chi connectivity index (χ1) is 16.3. The number of ether oxygens (including phenoxy) is 2. The van der Waals surface area contributed by atoms with Crippen LogP contribution in [0.2, 0.25) is 0 Å². The Labute approximate surface area is 199 Å². The van der Waals surface area contributed by atoms with Crippen molar-refractivity contribution in [3.05, 3.63) is 41.5 Å². The monoisotopic (exact) mass is 477 g/mol. The van der Waals surface area contributed by atoms with Crippen LogP contribution < -0.4 is 4.74 Å². The number of alkyl halides is 3. The molecule has 1 aliphatic heterocycles. The molecule has 2 fully saturated rings. The molecule has 1 heterocycles.